The van der Waals surface area contributed by atoms with Crippen molar-refractivity contribution in [2.75, 3.05) is 0 Å². The van der Waals surface area contributed by atoms with Crippen LogP contribution in [-0.4, -0.2) is 9.55 Å². The molecule has 0 saturated carbocycles. The lowest BCUT2D eigenvalue weighted by molar-refractivity contribution is -0.147. The van der Waals surface area contributed by atoms with Gasteiger partial charge in [-0.1, -0.05) is 12.1 Å². The van der Waals surface area contributed by atoms with Crippen molar-refractivity contribution in [2.45, 2.75) is 25.6 Å². The van der Waals surface area contributed by atoms with Gasteiger partial charge in [0.25, 0.3) is 0 Å². The summed E-state index contributed by atoms with van der Waals surface area (Å²) >= 11 is 0. The van der Waals surface area contributed by atoms with Gasteiger partial charge in [-0.2, -0.15) is 23.7 Å². The Bertz CT molecular complexity index is 718. The number of para-hydroxylation sites is 2. The number of fused-ring (bicyclic) bond motifs is 1. The molecule has 7 heteroatoms. The Hall–Kier alpha value is -2.54. The van der Waals surface area contributed by atoms with Crippen LogP contribution >= 0.6 is 0 Å². The summed E-state index contributed by atoms with van der Waals surface area (Å²) in [5.74, 6) is -1.68. The average Bonchev–Trinajstić information content (AvgIpc) is 2.82. The number of hydrogen-bond donors (Lipinski definition) is 0. The zero-order valence-electron chi connectivity index (χ0n) is 10.9. The SMILES string of the molecule is N#CCCC(C#N)Cn1c(C(F)(F)F)nc2ccccc21. The largest absolute Gasteiger partial charge is 0.449 e. The molecule has 0 spiro atoms. The van der Waals surface area contributed by atoms with E-state index in [0.717, 1.165) is 4.57 Å². The monoisotopic (exact) mass is 292 g/mol. The Labute approximate surface area is 119 Å². The third kappa shape index (κ3) is 3.14. The number of halogens is 3. The van der Waals surface area contributed by atoms with Gasteiger partial charge in [0.15, 0.2) is 0 Å². The second-order valence-electron chi connectivity index (χ2n) is 4.56. The van der Waals surface area contributed by atoms with Crippen molar-refractivity contribution < 1.29 is 13.2 Å². The average molecular weight is 292 g/mol. The summed E-state index contributed by atoms with van der Waals surface area (Å²) in [6.07, 6.45) is -4.22. The van der Waals surface area contributed by atoms with Gasteiger partial charge in [-0.3, -0.25) is 0 Å². The molecule has 0 radical (unpaired) electrons. The fourth-order valence-corrected chi connectivity index (χ4v) is 2.13. The Morgan fingerprint density at radius 1 is 1.24 bits per heavy atom. The number of rotatable bonds is 4. The predicted octanol–water partition coefficient (Wildman–Crippen LogP) is 3.50. The Kier molecular flexibility index (Phi) is 4.13. The summed E-state index contributed by atoms with van der Waals surface area (Å²) in [6, 6.07) is 10.1. The molecule has 1 aromatic heterocycles. The lowest BCUT2D eigenvalue weighted by Crippen LogP contribution is -2.18. The van der Waals surface area contributed by atoms with Crippen LogP contribution in [0.5, 0.6) is 0 Å². The molecule has 2 rings (SSSR count). The van der Waals surface area contributed by atoms with Crippen molar-refractivity contribution in [1.29, 1.82) is 10.5 Å². The normalized spacial score (nSPS) is 12.8. The number of imidazole rings is 1. The Morgan fingerprint density at radius 3 is 2.57 bits per heavy atom. The van der Waals surface area contributed by atoms with Crippen molar-refractivity contribution in [1.82, 2.24) is 9.55 Å². The number of alkyl halides is 3. The van der Waals surface area contributed by atoms with Gasteiger partial charge in [-0.05, 0) is 18.6 Å². The van der Waals surface area contributed by atoms with E-state index in [1.54, 1.807) is 12.1 Å². The van der Waals surface area contributed by atoms with Crippen molar-refractivity contribution in [2.24, 2.45) is 5.92 Å². The summed E-state index contributed by atoms with van der Waals surface area (Å²) in [4.78, 5) is 3.62. The van der Waals surface area contributed by atoms with E-state index in [2.05, 4.69) is 4.98 Å². The fourth-order valence-electron chi connectivity index (χ4n) is 2.13. The molecule has 108 valence electrons. The molecule has 2 aromatic rings. The summed E-state index contributed by atoms with van der Waals surface area (Å²) in [7, 11) is 0. The molecule has 21 heavy (non-hydrogen) atoms. The number of nitriles is 2. The van der Waals surface area contributed by atoms with Crippen LogP contribution in [0.3, 0.4) is 0 Å². The minimum Gasteiger partial charge on any atom is -0.319 e. The first-order valence-electron chi connectivity index (χ1n) is 6.26. The topological polar surface area (TPSA) is 65.4 Å². The van der Waals surface area contributed by atoms with Gasteiger partial charge in [0.2, 0.25) is 5.82 Å². The van der Waals surface area contributed by atoms with E-state index in [9.17, 15) is 13.2 Å². The van der Waals surface area contributed by atoms with E-state index in [4.69, 9.17) is 10.5 Å². The summed E-state index contributed by atoms with van der Waals surface area (Å²) in [5, 5.41) is 17.6. The number of hydrogen-bond acceptors (Lipinski definition) is 3. The molecule has 1 atom stereocenters. The molecular formula is C14H11F3N4. The third-order valence-electron chi connectivity index (χ3n) is 3.10. The van der Waals surface area contributed by atoms with Crippen LogP contribution in [0.15, 0.2) is 24.3 Å². The minimum absolute atomic E-state index is 0.131. The fraction of sp³-hybridized carbons (Fsp3) is 0.357. The van der Waals surface area contributed by atoms with Crippen LogP contribution in [0, 0.1) is 28.6 Å². The van der Waals surface area contributed by atoms with Crippen LogP contribution in [-0.2, 0) is 12.7 Å². The van der Waals surface area contributed by atoms with Gasteiger partial charge < -0.3 is 4.57 Å². The van der Waals surface area contributed by atoms with Crippen LogP contribution in [0.25, 0.3) is 11.0 Å². The summed E-state index contributed by atoms with van der Waals surface area (Å²) < 4.78 is 40.2. The van der Waals surface area contributed by atoms with Gasteiger partial charge in [0, 0.05) is 13.0 Å². The van der Waals surface area contributed by atoms with Crippen LogP contribution in [0.2, 0.25) is 0 Å². The molecule has 0 aliphatic heterocycles. The maximum absolute atomic E-state index is 13.1. The van der Waals surface area contributed by atoms with E-state index in [1.165, 1.54) is 12.1 Å². The minimum atomic E-state index is -4.59. The third-order valence-corrected chi connectivity index (χ3v) is 3.10. The molecule has 1 heterocycles. The lowest BCUT2D eigenvalue weighted by atomic mass is 10.1. The highest BCUT2D eigenvalue weighted by Crippen LogP contribution is 2.32. The molecule has 4 nitrogen and oxygen atoms in total. The molecule has 1 aromatic carbocycles. The van der Waals surface area contributed by atoms with Crippen molar-refractivity contribution in [3.05, 3.63) is 30.1 Å². The highest BCUT2D eigenvalue weighted by molar-refractivity contribution is 5.76. The molecular weight excluding hydrogens is 281 g/mol. The van der Waals surface area contributed by atoms with E-state index in [1.807, 2.05) is 12.1 Å². The highest BCUT2D eigenvalue weighted by atomic mass is 19.4. The first-order valence-corrected chi connectivity index (χ1v) is 6.26. The quantitative estimate of drug-likeness (QED) is 0.866. The lowest BCUT2D eigenvalue weighted by Gasteiger charge is -2.14. The first-order chi connectivity index (χ1) is 9.97. The molecule has 1 unspecified atom stereocenters. The van der Waals surface area contributed by atoms with Crippen LogP contribution in [0.1, 0.15) is 18.7 Å². The van der Waals surface area contributed by atoms with E-state index >= 15 is 0 Å². The van der Waals surface area contributed by atoms with E-state index in [-0.39, 0.29) is 24.9 Å². The van der Waals surface area contributed by atoms with Gasteiger partial charge >= 0.3 is 6.18 Å². The van der Waals surface area contributed by atoms with Crippen LogP contribution in [0.4, 0.5) is 13.2 Å². The van der Waals surface area contributed by atoms with Crippen molar-refractivity contribution in [3.8, 4) is 12.1 Å². The maximum Gasteiger partial charge on any atom is 0.449 e. The number of aromatic nitrogens is 2. The van der Waals surface area contributed by atoms with Gasteiger partial charge in [-0.15, -0.1) is 0 Å². The van der Waals surface area contributed by atoms with Crippen molar-refractivity contribution >= 4 is 11.0 Å². The molecule has 0 amide bonds. The molecule has 0 fully saturated rings. The van der Waals surface area contributed by atoms with E-state index < -0.39 is 17.9 Å². The highest BCUT2D eigenvalue weighted by Gasteiger charge is 2.37. The molecule has 0 aliphatic rings. The molecule has 0 saturated heterocycles. The number of benzene rings is 1. The molecule has 0 N–H and O–H groups in total. The van der Waals surface area contributed by atoms with Gasteiger partial charge in [0.05, 0.1) is 29.1 Å². The van der Waals surface area contributed by atoms with Crippen molar-refractivity contribution in [3.63, 3.8) is 0 Å². The van der Waals surface area contributed by atoms with E-state index in [0.29, 0.717) is 5.52 Å². The smallest absolute Gasteiger partial charge is 0.319 e. The second-order valence-corrected chi connectivity index (χ2v) is 4.56. The molecule has 0 aliphatic carbocycles. The maximum atomic E-state index is 13.1. The number of nitrogens with zero attached hydrogens (tertiary/aromatic N) is 4. The van der Waals surface area contributed by atoms with Crippen LogP contribution < -0.4 is 0 Å². The zero-order chi connectivity index (χ0) is 15.5. The Balaban J connectivity index is 2.46. The predicted molar refractivity (Wildman–Crippen MR) is 68.7 cm³/mol. The molecule has 0 bridgehead atoms. The van der Waals surface area contributed by atoms with Gasteiger partial charge in [-0.25, -0.2) is 4.98 Å². The summed E-state index contributed by atoms with van der Waals surface area (Å²) in [6.45, 7) is -0.131. The standard InChI is InChI=1S/C14H11F3N4/c15-14(16,17)13-20-11-5-1-2-6-12(11)21(13)9-10(8-19)4-3-7-18/h1-2,5-6,10H,3-4,9H2. The summed E-state index contributed by atoms with van der Waals surface area (Å²) in [5.41, 5.74) is 0.573. The first kappa shape index (κ1) is 14.9. The van der Waals surface area contributed by atoms with Gasteiger partial charge in [0.1, 0.15) is 0 Å². The Morgan fingerprint density at radius 2 is 1.95 bits per heavy atom. The zero-order valence-corrected chi connectivity index (χ0v) is 10.9. The second kappa shape index (κ2) is 5.84.